The zero-order chi connectivity index (χ0) is 7.90. The van der Waals surface area contributed by atoms with Crippen molar-refractivity contribution in [3.05, 3.63) is 0 Å². The van der Waals surface area contributed by atoms with E-state index in [2.05, 4.69) is 13.8 Å². The molecule has 0 bridgehead atoms. The Morgan fingerprint density at radius 2 is 1.73 bits per heavy atom. The van der Waals surface area contributed by atoms with Crippen molar-refractivity contribution in [2.75, 3.05) is 0 Å². The van der Waals surface area contributed by atoms with Gasteiger partial charge in [0.05, 0.1) is 0 Å². The van der Waals surface area contributed by atoms with Gasteiger partial charge in [0.2, 0.25) is 0 Å². The second kappa shape index (κ2) is 2.50. The van der Waals surface area contributed by atoms with Crippen LogP contribution in [0.2, 0.25) is 0 Å². The Hall–Kier alpha value is 0. The van der Waals surface area contributed by atoms with Crippen molar-refractivity contribution in [3.63, 3.8) is 0 Å². The SMILES string of the molecule is CCCC1(C)C[C@H]2CC[C@H]2C1. The fourth-order valence-electron chi connectivity index (χ4n) is 3.33. The molecule has 0 N–H and O–H groups in total. The summed E-state index contributed by atoms with van der Waals surface area (Å²) in [5.41, 5.74) is 0.751. The average molecular weight is 152 g/mol. The highest BCUT2D eigenvalue weighted by Gasteiger charge is 2.45. The van der Waals surface area contributed by atoms with E-state index in [1.807, 2.05) is 0 Å². The molecule has 2 fully saturated rings. The molecule has 0 heterocycles. The molecule has 64 valence electrons. The van der Waals surface area contributed by atoms with Gasteiger partial charge in [0.25, 0.3) is 0 Å². The third-order valence-electron chi connectivity index (χ3n) is 3.94. The van der Waals surface area contributed by atoms with E-state index in [4.69, 9.17) is 0 Å². The predicted octanol–water partition coefficient (Wildman–Crippen LogP) is 3.61. The Bertz CT molecular complexity index is 136. The molecule has 2 rings (SSSR count). The van der Waals surface area contributed by atoms with Crippen molar-refractivity contribution in [3.8, 4) is 0 Å². The zero-order valence-electron chi connectivity index (χ0n) is 7.90. The summed E-state index contributed by atoms with van der Waals surface area (Å²) in [5.74, 6) is 2.29. The molecule has 0 radical (unpaired) electrons. The van der Waals surface area contributed by atoms with Crippen LogP contribution in [-0.4, -0.2) is 0 Å². The Labute approximate surface area is 70.4 Å². The largest absolute Gasteiger partial charge is 0.0654 e. The van der Waals surface area contributed by atoms with Crippen molar-refractivity contribution in [2.45, 2.75) is 52.4 Å². The average Bonchev–Trinajstić information content (AvgIpc) is 2.13. The third-order valence-corrected chi connectivity index (χ3v) is 3.94. The standard InChI is InChI=1S/C11H20/c1-3-6-11(2)7-9-4-5-10(9)8-11/h9-10H,3-8H2,1-2H3/t9-,10+,11?. The van der Waals surface area contributed by atoms with Gasteiger partial charge in [-0.3, -0.25) is 0 Å². The molecule has 0 amide bonds. The van der Waals surface area contributed by atoms with Gasteiger partial charge >= 0.3 is 0 Å². The molecular weight excluding hydrogens is 132 g/mol. The first kappa shape index (κ1) is 7.64. The topological polar surface area (TPSA) is 0 Å². The van der Waals surface area contributed by atoms with Crippen molar-refractivity contribution in [1.82, 2.24) is 0 Å². The number of hydrogen-bond donors (Lipinski definition) is 0. The van der Waals surface area contributed by atoms with Gasteiger partial charge in [-0.2, -0.15) is 0 Å². The van der Waals surface area contributed by atoms with E-state index in [-0.39, 0.29) is 0 Å². The first-order chi connectivity index (χ1) is 5.23. The van der Waals surface area contributed by atoms with Crippen LogP contribution in [0.1, 0.15) is 52.4 Å². The van der Waals surface area contributed by atoms with Crippen LogP contribution in [0.4, 0.5) is 0 Å². The summed E-state index contributed by atoms with van der Waals surface area (Å²) in [4.78, 5) is 0. The van der Waals surface area contributed by atoms with Crippen LogP contribution >= 0.6 is 0 Å². The summed E-state index contributed by atoms with van der Waals surface area (Å²) < 4.78 is 0. The molecule has 2 aliphatic rings. The molecule has 2 aliphatic carbocycles. The highest BCUT2D eigenvalue weighted by molar-refractivity contribution is 4.96. The van der Waals surface area contributed by atoms with Gasteiger partial charge in [-0.1, -0.05) is 20.3 Å². The summed E-state index contributed by atoms with van der Waals surface area (Å²) >= 11 is 0. The fraction of sp³-hybridized carbons (Fsp3) is 1.00. The Balaban J connectivity index is 1.95. The molecule has 0 aromatic rings. The van der Waals surface area contributed by atoms with Crippen molar-refractivity contribution in [2.24, 2.45) is 17.3 Å². The maximum Gasteiger partial charge on any atom is -0.0320 e. The number of rotatable bonds is 2. The lowest BCUT2D eigenvalue weighted by atomic mass is 9.77. The van der Waals surface area contributed by atoms with Gasteiger partial charge in [-0.05, 0) is 49.4 Å². The molecule has 0 spiro atoms. The second-order valence-electron chi connectivity index (χ2n) is 5.07. The maximum absolute atomic E-state index is 2.51. The Morgan fingerprint density at radius 3 is 2.09 bits per heavy atom. The second-order valence-corrected chi connectivity index (χ2v) is 5.07. The maximum atomic E-state index is 2.51. The van der Waals surface area contributed by atoms with Gasteiger partial charge in [0.15, 0.2) is 0 Å². The minimum absolute atomic E-state index is 0.751. The van der Waals surface area contributed by atoms with Crippen LogP contribution in [0.15, 0.2) is 0 Å². The molecule has 0 heteroatoms. The van der Waals surface area contributed by atoms with Gasteiger partial charge in [-0.15, -0.1) is 0 Å². The van der Waals surface area contributed by atoms with Crippen molar-refractivity contribution < 1.29 is 0 Å². The van der Waals surface area contributed by atoms with Gasteiger partial charge in [-0.25, -0.2) is 0 Å². The van der Waals surface area contributed by atoms with E-state index in [0.717, 1.165) is 17.3 Å². The van der Waals surface area contributed by atoms with Crippen LogP contribution in [-0.2, 0) is 0 Å². The molecular formula is C11H20. The van der Waals surface area contributed by atoms with Crippen LogP contribution in [0, 0.1) is 17.3 Å². The van der Waals surface area contributed by atoms with E-state index in [0.29, 0.717) is 0 Å². The first-order valence-corrected chi connectivity index (χ1v) is 5.23. The minimum atomic E-state index is 0.751. The quantitative estimate of drug-likeness (QED) is 0.567. The Kier molecular flexibility index (Phi) is 1.74. The molecule has 3 atom stereocenters. The van der Waals surface area contributed by atoms with E-state index in [1.165, 1.54) is 12.8 Å². The third kappa shape index (κ3) is 1.21. The lowest BCUT2D eigenvalue weighted by Crippen LogP contribution is -2.18. The summed E-state index contributed by atoms with van der Waals surface area (Å²) in [6, 6.07) is 0. The molecule has 0 nitrogen and oxygen atoms in total. The highest BCUT2D eigenvalue weighted by atomic mass is 14.5. The molecule has 11 heavy (non-hydrogen) atoms. The molecule has 0 aromatic carbocycles. The fourth-order valence-corrected chi connectivity index (χ4v) is 3.33. The summed E-state index contributed by atoms with van der Waals surface area (Å²) in [6.07, 6.45) is 9.04. The molecule has 0 aromatic heterocycles. The minimum Gasteiger partial charge on any atom is -0.0654 e. The van der Waals surface area contributed by atoms with E-state index >= 15 is 0 Å². The van der Waals surface area contributed by atoms with Crippen LogP contribution in [0.3, 0.4) is 0 Å². The molecule has 0 aliphatic heterocycles. The highest BCUT2D eigenvalue weighted by Crippen LogP contribution is 2.56. The van der Waals surface area contributed by atoms with Gasteiger partial charge in [0, 0.05) is 0 Å². The number of fused-ring (bicyclic) bond motifs is 1. The predicted molar refractivity (Wildman–Crippen MR) is 48.5 cm³/mol. The van der Waals surface area contributed by atoms with E-state index in [9.17, 15) is 0 Å². The summed E-state index contributed by atoms with van der Waals surface area (Å²) in [7, 11) is 0. The number of hydrogen-bond acceptors (Lipinski definition) is 0. The van der Waals surface area contributed by atoms with Crippen LogP contribution < -0.4 is 0 Å². The lowest BCUT2D eigenvalue weighted by molar-refractivity contribution is 0.219. The van der Waals surface area contributed by atoms with Gasteiger partial charge in [0.1, 0.15) is 0 Å². The first-order valence-electron chi connectivity index (χ1n) is 5.23. The zero-order valence-corrected chi connectivity index (χ0v) is 7.90. The lowest BCUT2D eigenvalue weighted by Gasteiger charge is -2.29. The Morgan fingerprint density at radius 1 is 1.18 bits per heavy atom. The van der Waals surface area contributed by atoms with Crippen LogP contribution in [0.5, 0.6) is 0 Å². The van der Waals surface area contributed by atoms with E-state index < -0.39 is 0 Å². The smallest absolute Gasteiger partial charge is 0.0320 e. The van der Waals surface area contributed by atoms with E-state index in [1.54, 1.807) is 25.7 Å². The van der Waals surface area contributed by atoms with Crippen molar-refractivity contribution >= 4 is 0 Å². The van der Waals surface area contributed by atoms with Crippen molar-refractivity contribution in [1.29, 1.82) is 0 Å². The molecule has 0 saturated heterocycles. The van der Waals surface area contributed by atoms with Crippen LogP contribution in [0.25, 0.3) is 0 Å². The monoisotopic (exact) mass is 152 g/mol. The summed E-state index contributed by atoms with van der Waals surface area (Å²) in [5, 5.41) is 0. The van der Waals surface area contributed by atoms with Gasteiger partial charge < -0.3 is 0 Å². The molecule has 1 unspecified atom stereocenters. The normalized spacial score (nSPS) is 48.5. The molecule has 2 saturated carbocycles. The summed E-state index contributed by atoms with van der Waals surface area (Å²) in [6.45, 7) is 4.83.